The van der Waals surface area contributed by atoms with Gasteiger partial charge in [0, 0.05) is 11.5 Å². The summed E-state index contributed by atoms with van der Waals surface area (Å²) in [6, 6.07) is 2.86. The molecule has 3 N–H and O–H groups in total. The molecule has 0 bridgehead atoms. The van der Waals surface area contributed by atoms with Gasteiger partial charge in [-0.25, -0.2) is 0 Å². The maximum absolute atomic E-state index is 12.5. The van der Waals surface area contributed by atoms with Crippen molar-refractivity contribution < 1.29 is 28.5 Å². The van der Waals surface area contributed by atoms with E-state index in [1.54, 1.807) is 0 Å². The molecule has 0 heterocycles. The Labute approximate surface area is 106 Å². The molecule has 0 aromatic heterocycles. The summed E-state index contributed by atoms with van der Waals surface area (Å²) in [5.74, 6) is -0.00896. The zero-order valence-corrected chi connectivity index (χ0v) is 10.1. The predicted octanol–water partition coefficient (Wildman–Crippen LogP) is 2.00. The van der Waals surface area contributed by atoms with Crippen LogP contribution in [0.1, 0.15) is 11.1 Å². The molecule has 7 heteroatoms. The van der Waals surface area contributed by atoms with E-state index in [2.05, 4.69) is 0 Å². The van der Waals surface area contributed by atoms with E-state index in [0.29, 0.717) is 11.6 Å². The number of hydrogen-bond acceptors (Lipinski definition) is 4. The summed E-state index contributed by atoms with van der Waals surface area (Å²) in [5.41, 5.74) is -0.585. The molecule has 0 amide bonds. The van der Waals surface area contributed by atoms with Crippen molar-refractivity contribution in [2.75, 3.05) is 12.4 Å². The van der Waals surface area contributed by atoms with Crippen LogP contribution in [0.5, 0.6) is 5.75 Å². The van der Waals surface area contributed by atoms with Crippen molar-refractivity contribution in [3.63, 3.8) is 0 Å². The molecule has 3 nitrogen and oxygen atoms in total. The van der Waals surface area contributed by atoms with Gasteiger partial charge in [0.05, 0.1) is 18.3 Å². The fourth-order valence-corrected chi connectivity index (χ4v) is 2.18. The standard InChI is InChI=1S/C11H13F3O3S/c12-11(13,14)8-1-7(2-9(16)3-8)5-18-6-10(17)4-15/h1-3,10,15-17H,4-6H2. The van der Waals surface area contributed by atoms with Crippen molar-refractivity contribution >= 4 is 11.8 Å². The largest absolute Gasteiger partial charge is 0.508 e. The van der Waals surface area contributed by atoms with Gasteiger partial charge >= 0.3 is 6.18 Å². The normalized spacial score (nSPS) is 13.6. The number of benzene rings is 1. The third kappa shape index (κ3) is 4.75. The lowest BCUT2D eigenvalue weighted by Gasteiger charge is -2.10. The summed E-state index contributed by atoms with van der Waals surface area (Å²) in [6.07, 6.45) is -5.39. The van der Waals surface area contributed by atoms with Gasteiger partial charge in [0.25, 0.3) is 0 Å². The number of aromatic hydroxyl groups is 1. The Morgan fingerprint density at radius 2 is 1.89 bits per heavy atom. The first-order chi connectivity index (χ1) is 8.32. The number of aliphatic hydroxyl groups excluding tert-OH is 2. The third-order valence-electron chi connectivity index (χ3n) is 2.09. The van der Waals surface area contributed by atoms with Crippen LogP contribution in [-0.4, -0.2) is 33.8 Å². The molecule has 0 radical (unpaired) electrons. The second-order valence-electron chi connectivity index (χ2n) is 3.74. The van der Waals surface area contributed by atoms with Gasteiger partial charge in [0.15, 0.2) is 0 Å². The average Bonchev–Trinajstić information content (AvgIpc) is 2.27. The zero-order chi connectivity index (χ0) is 13.8. The van der Waals surface area contributed by atoms with Crippen LogP contribution in [0.4, 0.5) is 13.2 Å². The van der Waals surface area contributed by atoms with Crippen LogP contribution in [0, 0.1) is 0 Å². The summed E-state index contributed by atoms with van der Waals surface area (Å²) in [6.45, 7) is -0.388. The van der Waals surface area contributed by atoms with Gasteiger partial charge in [-0.3, -0.25) is 0 Å². The lowest BCUT2D eigenvalue weighted by molar-refractivity contribution is -0.137. The summed E-state index contributed by atoms with van der Waals surface area (Å²) in [5, 5.41) is 26.9. The summed E-state index contributed by atoms with van der Waals surface area (Å²) in [4.78, 5) is 0. The molecule has 0 saturated carbocycles. The zero-order valence-electron chi connectivity index (χ0n) is 9.31. The number of rotatable bonds is 5. The van der Waals surface area contributed by atoms with E-state index in [9.17, 15) is 18.3 Å². The molecule has 102 valence electrons. The van der Waals surface area contributed by atoms with Crippen molar-refractivity contribution in [2.24, 2.45) is 0 Å². The summed E-state index contributed by atoms with van der Waals surface area (Å²) in [7, 11) is 0. The van der Waals surface area contributed by atoms with Gasteiger partial charge in [0.1, 0.15) is 5.75 Å². The summed E-state index contributed by atoms with van der Waals surface area (Å²) >= 11 is 1.18. The molecular weight excluding hydrogens is 269 g/mol. The smallest absolute Gasteiger partial charge is 0.416 e. The van der Waals surface area contributed by atoms with Gasteiger partial charge in [-0.15, -0.1) is 0 Å². The Hall–Kier alpha value is -0.920. The van der Waals surface area contributed by atoms with Crippen LogP contribution < -0.4 is 0 Å². The topological polar surface area (TPSA) is 60.7 Å². The Bertz CT molecular complexity index is 396. The van der Waals surface area contributed by atoms with Crippen LogP contribution in [0.2, 0.25) is 0 Å². The lowest BCUT2D eigenvalue weighted by atomic mass is 10.1. The van der Waals surface area contributed by atoms with Crippen LogP contribution >= 0.6 is 11.8 Å². The first-order valence-corrected chi connectivity index (χ1v) is 6.25. The Kier molecular flexibility index (Phi) is 5.30. The van der Waals surface area contributed by atoms with Crippen LogP contribution in [0.15, 0.2) is 18.2 Å². The molecular formula is C11H13F3O3S. The highest BCUT2D eigenvalue weighted by Gasteiger charge is 2.31. The highest BCUT2D eigenvalue weighted by molar-refractivity contribution is 7.98. The number of aliphatic hydroxyl groups is 2. The van der Waals surface area contributed by atoms with Crippen molar-refractivity contribution in [3.05, 3.63) is 29.3 Å². The van der Waals surface area contributed by atoms with E-state index >= 15 is 0 Å². The molecule has 1 atom stereocenters. The molecule has 0 fully saturated rings. The van der Waals surface area contributed by atoms with Crippen molar-refractivity contribution in [1.29, 1.82) is 0 Å². The van der Waals surface area contributed by atoms with Crippen LogP contribution in [0.25, 0.3) is 0 Å². The quantitative estimate of drug-likeness (QED) is 0.773. The van der Waals surface area contributed by atoms with Gasteiger partial charge in [-0.1, -0.05) is 0 Å². The maximum atomic E-state index is 12.5. The molecule has 1 rings (SSSR count). The second kappa shape index (κ2) is 6.31. The lowest BCUT2D eigenvalue weighted by Crippen LogP contribution is -2.14. The molecule has 0 aliphatic carbocycles. The number of thioether (sulfide) groups is 1. The molecule has 1 aromatic carbocycles. The minimum Gasteiger partial charge on any atom is -0.508 e. The molecule has 0 spiro atoms. The van der Waals surface area contributed by atoms with Crippen molar-refractivity contribution in [3.8, 4) is 5.75 Å². The highest BCUT2D eigenvalue weighted by atomic mass is 32.2. The van der Waals surface area contributed by atoms with Gasteiger partial charge in [0.2, 0.25) is 0 Å². The predicted molar refractivity (Wildman–Crippen MR) is 62.4 cm³/mol. The minimum atomic E-state index is -4.50. The number of alkyl halides is 3. The van der Waals surface area contributed by atoms with Gasteiger partial charge in [-0.2, -0.15) is 24.9 Å². The van der Waals surface area contributed by atoms with E-state index in [1.165, 1.54) is 17.8 Å². The maximum Gasteiger partial charge on any atom is 0.416 e. The molecule has 0 aliphatic heterocycles. The molecule has 1 aromatic rings. The monoisotopic (exact) mass is 282 g/mol. The van der Waals surface area contributed by atoms with Gasteiger partial charge < -0.3 is 15.3 Å². The molecule has 18 heavy (non-hydrogen) atoms. The average molecular weight is 282 g/mol. The summed E-state index contributed by atoms with van der Waals surface area (Å²) < 4.78 is 37.4. The molecule has 1 unspecified atom stereocenters. The first kappa shape index (κ1) is 15.1. The molecule has 0 aliphatic rings. The van der Waals surface area contributed by atoms with Crippen LogP contribution in [0.3, 0.4) is 0 Å². The van der Waals surface area contributed by atoms with Crippen molar-refractivity contribution in [2.45, 2.75) is 18.0 Å². The fourth-order valence-electron chi connectivity index (χ4n) is 1.29. The third-order valence-corrected chi connectivity index (χ3v) is 3.25. The highest BCUT2D eigenvalue weighted by Crippen LogP contribution is 2.33. The number of phenols is 1. The van der Waals surface area contributed by atoms with E-state index in [1.807, 2.05) is 0 Å². The van der Waals surface area contributed by atoms with Gasteiger partial charge in [-0.05, 0) is 23.8 Å². The van der Waals surface area contributed by atoms with Crippen molar-refractivity contribution in [1.82, 2.24) is 0 Å². The second-order valence-corrected chi connectivity index (χ2v) is 4.77. The number of halogens is 3. The SMILES string of the molecule is OCC(O)CSCc1cc(O)cc(C(F)(F)F)c1. The Morgan fingerprint density at radius 1 is 1.22 bits per heavy atom. The minimum absolute atomic E-state index is 0.216. The Balaban J connectivity index is 2.69. The number of phenolic OH excluding ortho intramolecular Hbond substituents is 1. The van der Waals surface area contributed by atoms with E-state index in [-0.39, 0.29) is 18.1 Å². The van der Waals surface area contributed by atoms with E-state index in [0.717, 1.165) is 6.07 Å². The van der Waals surface area contributed by atoms with E-state index < -0.39 is 23.6 Å². The van der Waals surface area contributed by atoms with Crippen LogP contribution in [-0.2, 0) is 11.9 Å². The molecule has 0 saturated heterocycles. The fraction of sp³-hybridized carbons (Fsp3) is 0.455. The number of hydrogen-bond donors (Lipinski definition) is 3. The first-order valence-electron chi connectivity index (χ1n) is 5.09. The Morgan fingerprint density at radius 3 is 2.44 bits per heavy atom. The van der Waals surface area contributed by atoms with E-state index in [4.69, 9.17) is 10.2 Å².